The molecule has 1 saturated carbocycles. The third-order valence-corrected chi connectivity index (χ3v) is 3.92. The monoisotopic (exact) mass is 251 g/mol. The molecule has 1 aromatic rings. The molecule has 18 heavy (non-hydrogen) atoms. The highest BCUT2D eigenvalue weighted by Crippen LogP contribution is 2.29. The largest absolute Gasteiger partial charge is 0.389 e. The first-order valence-electron chi connectivity index (χ1n) is 7.00. The predicted molar refractivity (Wildman–Crippen MR) is 72.4 cm³/mol. The summed E-state index contributed by atoms with van der Waals surface area (Å²) < 4.78 is 1.97. The van der Waals surface area contributed by atoms with Crippen molar-refractivity contribution in [2.45, 2.75) is 64.1 Å². The van der Waals surface area contributed by atoms with Gasteiger partial charge in [-0.3, -0.25) is 4.68 Å². The van der Waals surface area contributed by atoms with Gasteiger partial charge in [-0.15, -0.1) is 0 Å². The first-order chi connectivity index (χ1) is 8.50. The molecule has 0 saturated heterocycles. The lowest BCUT2D eigenvalue weighted by Gasteiger charge is -2.24. The molecule has 0 spiro atoms. The molecular formula is C14H25N3O. The first kappa shape index (κ1) is 13.6. The third-order valence-electron chi connectivity index (χ3n) is 3.92. The zero-order valence-electron chi connectivity index (χ0n) is 11.7. The van der Waals surface area contributed by atoms with Gasteiger partial charge in [-0.1, -0.05) is 12.8 Å². The van der Waals surface area contributed by atoms with E-state index in [2.05, 4.69) is 37.4 Å². The SMILES string of the molecule is CC(NCC1(O)CCCC1)c1cnn(C(C)C)c1. The van der Waals surface area contributed by atoms with E-state index < -0.39 is 5.60 Å². The highest BCUT2D eigenvalue weighted by atomic mass is 16.3. The Morgan fingerprint density at radius 3 is 2.61 bits per heavy atom. The van der Waals surface area contributed by atoms with Crippen LogP contribution in [0.5, 0.6) is 0 Å². The van der Waals surface area contributed by atoms with Gasteiger partial charge in [0.05, 0.1) is 11.8 Å². The van der Waals surface area contributed by atoms with Crippen LogP contribution in [0.1, 0.15) is 64.1 Å². The minimum absolute atomic E-state index is 0.238. The average molecular weight is 251 g/mol. The maximum absolute atomic E-state index is 10.3. The van der Waals surface area contributed by atoms with Crippen LogP contribution < -0.4 is 5.32 Å². The molecule has 0 aromatic carbocycles. The molecule has 1 aliphatic rings. The van der Waals surface area contributed by atoms with E-state index in [1.165, 1.54) is 5.56 Å². The van der Waals surface area contributed by atoms with Crippen molar-refractivity contribution in [3.05, 3.63) is 18.0 Å². The van der Waals surface area contributed by atoms with Crippen molar-refractivity contribution in [2.24, 2.45) is 0 Å². The van der Waals surface area contributed by atoms with Crippen molar-refractivity contribution in [3.63, 3.8) is 0 Å². The molecule has 4 nitrogen and oxygen atoms in total. The van der Waals surface area contributed by atoms with Crippen LogP contribution in [0.2, 0.25) is 0 Å². The van der Waals surface area contributed by atoms with Gasteiger partial charge in [-0.05, 0) is 33.6 Å². The van der Waals surface area contributed by atoms with Crippen molar-refractivity contribution in [1.29, 1.82) is 0 Å². The summed E-state index contributed by atoms with van der Waals surface area (Å²) in [4.78, 5) is 0. The summed E-state index contributed by atoms with van der Waals surface area (Å²) in [7, 11) is 0. The van der Waals surface area contributed by atoms with E-state index in [4.69, 9.17) is 0 Å². The third kappa shape index (κ3) is 3.12. The highest BCUT2D eigenvalue weighted by Gasteiger charge is 2.31. The molecule has 0 bridgehead atoms. The lowest BCUT2D eigenvalue weighted by Crippen LogP contribution is -2.38. The number of nitrogens with one attached hydrogen (secondary N) is 1. The molecule has 102 valence electrons. The second-order valence-electron chi connectivity index (χ2n) is 5.88. The number of hydrogen-bond acceptors (Lipinski definition) is 3. The summed E-state index contributed by atoms with van der Waals surface area (Å²) in [6, 6.07) is 0.632. The Balaban J connectivity index is 1.88. The summed E-state index contributed by atoms with van der Waals surface area (Å²) >= 11 is 0. The average Bonchev–Trinajstić information content (AvgIpc) is 2.95. The van der Waals surface area contributed by atoms with Gasteiger partial charge >= 0.3 is 0 Å². The Morgan fingerprint density at radius 2 is 2.06 bits per heavy atom. The second-order valence-corrected chi connectivity index (χ2v) is 5.88. The normalized spacial score (nSPS) is 20.5. The fraction of sp³-hybridized carbons (Fsp3) is 0.786. The van der Waals surface area contributed by atoms with Crippen LogP contribution >= 0.6 is 0 Å². The minimum Gasteiger partial charge on any atom is -0.389 e. The fourth-order valence-corrected chi connectivity index (χ4v) is 2.53. The van der Waals surface area contributed by atoms with Gasteiger partial charge in [-0.2, -0.15) is 5.10 Å². The molecule has 1 unspecified atom stereocenters. The van der Waals surface area contributed by atoms with Gasteiger partial charge in [-0.25, -0.2) is 0 Å². The summed E-state index contributed by atoms with van der Waals surface area (Å²) in [6.07, 6.45) is 8.16. The smallest absolute Gasteiger partial charge is 0.0771 e. The summed E-state index contributed by atoms with van der Waals surface area (Å²) in [6.45, 7) is 7.05. The van der Waals surface area contributed by atoms with Gasteiger partial charge < -0.3 is 10.4 Å². The number of nitrogens with zero attached hydrogens (tertiary/aromatic N) is 2. The zero-order valence-corrected chi connectivity index (χ0v) is 11.7. The van der Waals surface area contributed by atoms with Crippen molar-refractivity contribution >= 4 is 0 Å². The number of aliphatic hydroxyl groups is 1. The Bertz CT molecular complexity index is 380. The molecule has 0 radical (unpaired) electrons. The molecule has 1 aromatic heterocycles. The second kappa shape index (κ2) is 5.41. The van der Waals surface area contributed by atoms with Crippen LogP contribution in [-0.2, 0) is 0 Å². The fourth-order valence-electron chi connectivity index (χ4n) is 2.53. The summed E-state index contributed by atoms with van der Waals surface area (Å²) in [5.74, 6) is 0. The molecular weight excluding hydrogens is 226 g/mol. The van der Waals surface area contributed by atoms with Gasteiger partial charge in [0.2, 0.25) is 0 Å². The molecule has 1 aliphatic carbocycles. The lowest BCUT2D eigenvalue weighted by molar-refractivity contribution is 0.0453. The van der Waals surface area contributed by atoms with E-state index in [9.17, 15) is 5.11 Å². The standard InChI is InChI=1S/C14H25N3O/c1-11(2)17-9-13(8-16-17)12(3)15-10-14(18)6-4-5-7-14/h8-9,11-12,15,18H,4-7,10H2,1-3H3. The minimum atomic E-state index is -0.484. The van der Waals surface area contributed by atoms with Crippen molar-refractivity contribution in [2.75, 3.05) is 6.54 Å². The van der Waals surface area contributed by atoms with E-state index in [1.54, 1.807) is 0 Å². The van der Waals surface area contributed by atoms with Crippen LogP contribution in [0.3, 0.4) is 0 Å². The molecule has 2 N–H and O–H groups in total. The highest BCUT2D eigenvalue weighted by molar-refractivity contribution is 5.10. The van der Waals surface area contributed by atoms with Crippen LogP contribution in [0.25, 0.3) is 0 Å². The van der Waals surface area contributed by atoms with Gasteiger partial charge in [0, 0.05) is 30.4 Å². The van der Waals surface area contributed by atoms with Crippen LogP contribution in [0, 0.1) is 0 Å². The van der Waals surface area contributed by atoms with Gasteiger partial charge in [0.1, 0.15) is 0 Å². The Hall–Kier alpha value is -0.870. The van der Waals surface area contributed by atoms with E-state index in [0.717, 1.165) is 25.7 Å². The lowest BCUT2D eigenvalue weighted by atomic mass is 10.0. The number of rotatable bonds is 5. The summed E-state index contributed by atoms with van der Waals surface area (Å²) in [5, 5.41) is 18.1. The van der Waals surface area contributed by atoms with Crippen LogP contribution in [0.15, 0.2) is 12.4 Å². The van der Waals surface area contributed by atoms with Crippen molar-refractivity contribution in [3.8, 4) is 0 Å². The van der Waals surface area contributed by atoms with E-state index in [-0.39, 0.29) is 6.04 Å². The topological polar surface area (TPSA) is 50.1 Å². The Morgan fingerprint density at radius 1 is 1.39 bits per heavy atom. The van der Waals surface area contributed by atoms with E-state index in [1.807, 2.05) is 10.9 Å². The predicted octanol–water partition coefficient (Wildman–Crippen LogP) is 2.42. The van der Waals surface area contributed by atoms with E-state index >= 15 is 0 Å². The van der Waals surface area contributed by atoms with Crippen molar-refractivity contribution in [1.82, 2.24) is 15.1 Å². The quantitative estimate of drug-likeness (QED) is 0.845. The molecule has 0 amide bonds. The van der Waals surface area contributed by atoms with Crippen LogP contribution in [-0.4, -0.2) is 27.0 Å². The molecule has 1 fully saturated rings. The maximum atomic E-state index is 10.3. The first-order valence-corrected chi connectivity index (χ1v) is 7.00. The Labute approximate surface area is 109 Å². The number of aromatic nitrogens is 2. The van der Waals surface area contributed by atoms with Crippen molar-refractivity contribution < 1.29 is 5.11 Å². The number of hydrogen-bond donors (Lipinski definition) is 2. The molecule has 4 heteroatoms. The Kier molecular flexibility index (Phi) is 4.07. The molecule has 2 rings (SSSR count). The van der Waals surface area contributed by atoms with Gasteiger partial charge in [0.15, 0.2) is 0 Å². The van der Waals surface area contributed by atoms with E-state index in [0.29, 0.717) is 12.6 Å². The maximum Gasteiger partial charge on any atom is 0.0771 e. The van der Waals surface area contributed by atoms with Gasteiger partial charge in [0.25, 0.3) is 0 Å². The summed E-state index contributed by atoms with van der Waals surface area (Å²) in [5.41, 5.74) is 0.702. The molecule has 1 atom stereocenters. The molecule has 0 aliphatic heterocycles. The molecule has 1 heterocycles. The zero-order chi connectivity index (χ0) is 13.2. The van der Waals surface area contributed by atoms with Crippen LogP contribution in [0.4, 0.5) is 0 Å².